The third-order valence-corrected chi connectivity index (χ3v) is 6.93. The van der Waals surface area contributed by atoms with Crippen molar-refractivity contribution in [1.82, 2.24) is 14.1 Å². The second kappa shape index (κ2) is 10.00. The highest BCUT2D eigenvalue weighted by atomic mass is 32.2. The maximum atomic E-state index is 14.0. The number of nitrogens with zero attached hydrogens (tertiary/aromatic N) is 4. The normalized spacial score (nSPS) is 15.5. The molecule has 1 saturated heterocycles. The Balaban J connectivity index is 1.61. The van der Waals surface area contributed by atoms with E-state index in [1.54, 1.807) is 17.0 Å². The Morgan fingerprint density at radius 3 is 2.39 bits per heavy atom. The highest BCUT2D eigenvalue weighted by Gasteiger charge is 2.33. The van der Waals surface area contributed by atoms with Crippen LogP contribution in [0.15, 0.2) is 45.9 Å². The van der Waals surface area contributed by atoms with Crippen LogP contribution in [0.25, 0.3) is 0 Å². The lowest BCUT2D eigenvalue weighted by molar-refractivity contribution is -0.133. The van der Waals surface area contributed by atoms with Crippen LogP contribution in [0.2, 0.25) is 0 Å². The summed E-state index contributed by atoms with van der Waals surface area (Å²) in [6.45, 7) is 0.973. The van der Waals surface area contributed by atoms with Gasteiger partial charge in [0.05, 0.1) is 31.8 Å². The zero-order valence-corrected chi connectivity index (χ0v) is 17.5. The fourth-order valence-corrected chi connectivity index (χ4v) is 4.88. The van der Waals surface area contributed by atoms with Gasteiger partial charge in [-0.25, -0.2) is 17.2 Å². The summed E-state index contributed by atoms with van der Waals surface area (Å²) in [5.41, 5.74) is 0. The van der Waals surface area contributed by atoms with Gasteiger partial charge in [-0.15, -0.1) is 0 Å². The number of hydrogen-bond donors (Lipinski definition) is 0. The van der Waals surface area contributed by atoms with Gasteiger partial charge in [-0.3, -0.25) is 9.69 Å². The monoisotopic (exact) mass is 452 g/mol. The molecule has 1 fully saturated rings. The van der Waals surface area contributed by atoms with Crippen LogP contribution in [-0.2, 0) is 21.4 Å². The van der Waals surface area contributed by atoms with Gasteiger partial charge in [0.25, 0.3) is 0 Å². The van der Waals surface area contributed by atoms with Crippen LogP contribution < -0.4 is 0 Å². The zero-order chi connectivity index (χ0) is 22.4. The lowest BCUT2D eigenvalue weighted by atomic mass is 10.3. The molecule has 3 rings (SSSR count). The molecule has 2 heterocycles. The third-order valence-electron chi connectivity index (χ3n) is 4.98. The fourth-order valence-electron chi connectivity index (χ4n) is 3.34. The van der Waals surface area contributed by atoms with Crippen LogP contribution >= 0.6 is 0 Å². The number of sulfonamides is 1. The van der Waals surface area contributed by atoms with Crippen molar-refractivity contribution in [3.05, 3.63) is 54.0 Å². The fraction of sp³-hybridized carbons (Fsp3) is 0.400. The van der Waals surface area contributed by atoms with E-state index >= 15 is 0 Å². The van der Waals surface area contributed by atoms with Gasteiger partial charge < -0.3 is 9.32 Å². The van der Waals surface area contributed by atoms with E-state index in [9.17, 15) is 22.0 Å². The SMILES string of the molecule is N#CCCN(Cc1ccco1)C(=O)CN1CCN(S(=O)(=O)c2c(F)cccc2F)CC1. The molecule has 0 radical (unpaired) electrons. The minimum atomic E-state index is -4.33. The summed E-state index contributed by atoms with van der Waals surface area (Å²) in [6.07, 6.45) is 1.67. The molecule has 1 aliphatic rings. The molecule has 0 bridgehead atoms. The summed E-state index contributed by atoms with van der Waals surface area (Å²) >= 11 is 0. The van der Waals surface area contributed by atoms with E-state index in [1.165, 1.54) is 11.2 Å². The number of benzene rings is 1. The lowest BCUT2D eigenvalue weighted by Gasteiger charge is -2.34. The second-order valence-corrected chi connectivity index (χ2v) is 8.91. The van der Waals surface area contributed by atoms with Crippen molar-refractivity contribution in [2.24, 2.45) is 0 Å². The summed E-state index contributed by atoms with van der Waals surface area (Å²) < 4.78 is 59.6. The Bertz CT molecular complexity index is 1030. The van der Waals surface area contributed by atoms with Gasteiger partial charge in [-0.1, -0.05) is 6.07 Å². The molecule has 0 spiro atoms. The Kier molecular flexibility index (Phi) is 7.37. The van der Waals surface area contributed by atoms with E-state index in [1.807, 2.05) is 6.07 Å². The average molecular weight is 452 g/mol. The first-order valence-corrected chi connectivity index (χ1v) is 11.1. The van der Waals surface area contributed by atoms with E-state index in [0.29, 0.717) is 5.76 Å². The van der Waals surface area contributed by atoms with Crippen molar-refractivity contribution >= 4 is 15.9 Å². The molecular formula is C20H22F2N4O4S. The van der Waals surface area contributed by atoms with E-state index in [2.05, 4.69) is 0 Å². The molecule has 1 aromatic carbocycles. The maximum absolute atomic E-state index is 14.0. The number of piperazine rings is 1. The summed E-state index contributed by atoms with van der Waals surface area (Å²) in [4.78, 5) is 15.1. The topological polar surface area (TPSA) is 97.9 Å². The minimum absolute atomic E-state index is 0.000231. The van der Waals surface area contributed by atoms with Gasteiger partial charge in [-0.05, 0) is 24.3 Å². The smallest absolute Gasteiger partial charge is 0.249 e. The van der Waals surface area contributed by atoms with Gasteiger partial charge in [0.1, 0.15) is 17.4 Å². The second-order valence-electron chi connectivity index (χ2n) is 7.03. The van der Waals surface area contributed by atoms with Gasteiger partial charge in [0.2, 0.25) is 15.9 Å². The number of nitriles is 1. The van der Waals surface area contributed by atoms with Crippen LogP contribution in [-0.4, -0.2) is 67.7 Å². The van der Waals surface area contributed by atoms with Crippen LogP contribution in [0, 0.1) is 23.0 Å². The Morgan fingerprint density at radius 2 is 1.81 bits per heavy atom. The molecule has 0 unspecified atom stereocenters. The molecule has 166 valence electrons. The molecule has 0 atom stereocenters. The first-order chi connectivity index (χ1) is 14.8. The molecule has 1 amide bonds. The molecule has 2 aromatic rings. The molecule has 31 heavy (non-hydrogen) atoms. The van der Waals surface area contributed by atoms with Gasteiger partial charge in [-0.2, -0.15) is 9.57 Å². The number of rotatable bonds is 8. The largest absolute Gasteiger partial charge is 0.467 e. The molecule has 8 nitrogen and oxygen atoms in total. The molecule has 0 saturated carbocycles. The first-order valence-electron chi connectivity index (χ1n) is 9.66. The summed E-state index contributed by atoms with van der Waals surface area (Å²) in [6, 6.07) is 8.36. The Hall–Kier alpha value is -2.81. The highest BCUT2D eigenvalue weighted by Crippen LogP contribution is 2.23. The lowest BCUT2D eigenvalue weighted by Crippen LogP contribution is -2.51. The average Bonchev–Trinajstić information content (AvgIpc) is 3.24. The van der Waals surface area contributed by atoms with Crippen molar-refractivity contribution < 1.29 is 26.4 Å². The van der Waals surface area contributed by atoms with Gasteiger partial charge in [0.15, 0.2) is 4.90 Å². The summed E-state index contributed by atoms with van der Waals surface area (Å²) in [7, 11) is -4.33. The van der Waals surface area contributed by atoms with E-state index in [-0.39, 0.29) is 58.1 Å². The first kappa shape index (κ1) is 22.9. The molecule has 11 heteroatoms. The minimum Gasteiger partial charge on any atom is -0.467 e. The van der Waals surface area contributed by atoms with Gasteiger partial charge in [0, 0.05) is 32.7 Å². The summed E-state index contributed by atoms with van der Waals surface area (Å²) in [5.74, 6) is -1.90. The number of hydrogen-bond acceptors (Lipinski definition) is 6. The summed E-state index contributed by atoms with van der Waals surface area (Å²) in [5, 5.41) is 8.85. The van der Waals surface area contributed by atoms with Crippen molar-refractivity contribution in [3.63, 3.8) is 0 Å². The molecule has 1 aromatic heterocycles. The number of amides is 1. The molecular weight excluding hydrogens is 430 g/mol. The molecule has 1 aliphatic heterocycles. The van der Waals surface area contributed by atoms with Crippen LogP contribution in [0.3, 0.4) is 0 Å². The molecule has 0 aliphatic carbocycles. The number of carbonyl (C=O) groups is 1. The van der Waals surface area contributed by atoms with Gasteiger partial charge >= 0.3 is 0 Å². The van der Waals surface area contributed by atoms with Crippen molar-refractivity contribution in [3.8, 4) is 6.07 Å². The number of carbonyl (C=O) groups excluding carboxylic acids is 1. The molecule has 0 N–H and O–H groups in total. The zero-order valence-electron chi connectivity index (χ0n) is 16.7. The van der Waals surface area contributed by atoms with Crippen LogP contribution in [0.5, 0.6) is 0 Å². The van der Waals surface area contributed by atoms with Crippen molar-refractivity contribution in [2.75, 3.05) is 39.3 Å². The predicted molar refractivity (Wildman–Crippen MR) is 106 cm³/mol. The van der Waals surface area contributed by atoms with E-state index in [0.717, 1.165) is 22.5 Å². The van der Waals surface area contributed by atoms with Crippen molar-refractivity contribution in [2.45, 2.75) is 17.9 Å². The van der Waals surface area contributed by atoms with E-state index in [4.69, 9.17) is 9.68 Å². The quantitative estimate of drug-likeness (QED) is 0.606. The Morgan fingerprint density at radius 1 is 1.13 bits per heavy atom. The highest BCUT2D eigenvalue weighted by molar-refractivity contribution is 7.89. The van der Waals surface area contributed by atoms with E-state index < -0.39 is 26.6 Å². The predicted octanol–water partition coefficient (Wildman–Crippen LogP) is 1.81. The number of furan rings is 1. The number of halogens is 2. The standard InChI is InChI=1S/C20H22F2N4O4S/c21-17-5-1-6-18(22)20(17)31(28,29)26-11-9-24(10-12-26)15-19(27)25(8-3-7-23)14-16-4-2-13-30-16/h1-2,4-6,13H,3,8-12,14-15H2. The maximum Gasteiger partial charge on any atom is 0.249 e. The van der Waals surface area contributed by atoms with Crippen LogP contribution in [0.1, 0.15) is 12.2 Å². The van der Waals surface area contributed by atoms with Crippen LogP contribution in [0.4, 0.5) is 8.78 Å². The van der Waals surface area contributed by atoms with Crippen molar-refractivity contribution in [1.29, 1.82) is 5.26 Å². The Labute approximate surface area is 179 Å². The third kappa shape index (κ3) is 5.46.